The summed E-state index contributed by atoms with van der Waals surface area (Å²) in [6.07, 6.45) is 3.93. The molecule has 1 fully saturated rings. The standard InChI is InChI=1S/C14H17N3O/c1-14(2)6-3-7-17(14)13(18)10-4-5-11-9-15-16-12(11)8-10/h4-5,8-9H,3,6-7H2,1-2H3,(H,15,16). The van der Waals surface area contributed by atoms with Crippen LogP contribution in [0.3, 0.4) is 0 Å². The Morgan fingerprint density at radius 3 is 3.00 bits per heavy atom. The average molecular weight is 243 g/mol. The molecule has 94 valence electrons. The summed E-state index contributed by atoms with van der Waals surface area (Å²) in [7, 11) is 0. The number of aromatic nitrogens is 2. The molecule has 1 aromatic heterocycles. The van der Waals surface area contributed by atoms with Gasteiger partial charge in [-0.3, -0.25) is 9.89 Å². The number of amides is 1. The van der Waals surface area contributed by atoms with Crippen LogP contribution in [-0.2, 0) is 0 Å². The Labute approximate surface area is 106 Å². The molecule has 2 heterocycles. The second-order valence-corrected chi connectivity index (χ2v) is 5.54. The predicted octanol–water partition coefficient (Wildman–Crippen LogP) is 2.58. The summed E-state index contributed by atoms with van der Waals surface area (Å²) in [5.41, 5.74) is 1.62. The van der Waals surface area contributed by atoms with E-state index in [1.54, 1.807) is 6.20 Å². The highest BCUT2D eigenvalue weighted by Gasteiger charge is 2.35. The number of aromatic amines is 1. The molecule has 2 aromatic rings. The van der Waals surface area contributed by atoms with Crippen molar-refractivity contribution in [3.8, 4) is 0 Å². The van der Waals surface area contributed by atoms with Gasteiger partial charge in [-0.1, -0.05) is 6.07 Å². The van der Waals surface area contributed by atoms with E-state index < -0.39 is 0 Å². The minimum atomic E-state index is -0.0278. The predicted molar refractivity (Wildman–Crippen MR) is 70.4 cm³/mol. The number of fused-ring (bicyclic) bond motifs is 1. The van der Waals surface area contributed by atoms with Gasteiger partial charge in [0.05, 0.1) is 11.7 Å². The minimum absolute atomic E-state index is 0.0278. The number of likely N-dealkylation sites (tertiary alicyclic amines) is 1. The lowest BCUT2D eigenvalue weighted by Gasteiger charge is -2.31. The van der Waals surface area contributed by atoms with Gasteiger partial charge in [0.15, 0.2) is 0 Å². The second-order valence-electron chi connectivity index (χ2n) is 5.54. The van der Waals surface area contributed by atoms with E-state index in [0.29, 0.717) is 0 Å². The topological polar surface area (TPSA) is 49.0 Å². The Kier molecular flexibility index (Phi) is 2.40. The van der Waals surface area contributed by atoms with Gasteiger partial charge >= 0.3 is 0 Å². The van der Waals surface area contributed by atoms with Gasteiger partial charge in [0.25, 0.3) is 5.91 Å². The molecule has 1 aliphatic heterocycles. The summed E-state index contributed by atoms with van der Waals surface area (Å²) < 4.78 is 0. The summed E-state index contributed by atoms with van der Waals surface area (Å²) in [6, 6.07) is 5.71. The van der Waals surface area contributed by atoms with Crippen molar-refractivity contribution in [2.45, 2.75) is 32.2 Å². The van der Waals surface area contributed by atoms with Gasteiger partial charge in [-0.15, -0.1) is 0 Å². The maximum atomic E-state index is 12.5. The molecule has 1 aliphatic rings. The zero-order valence-electron chi connectivity index (χ0n) is 10.7. The third-order valence-corrected chi connectivity index (χ3v) is 3.84. The number of hydrogen-bond acceptors (Lipinski definition) is 2. The summed E-state index contributed by atoms with van der Waals surface area (Å²) in [5, 5.41) is 7.92. The summed E-state index contributed by atoms with van der Waals surface area (Å²) in [5.74, 6) is 0.119. The van der Waals surface area contributed by atoms with Gasteiger partial charge in [0.1, 0.15) is 0 Å². The lowest BCUT2D eigenvalue weighted by atomic mass is 10.0. The van der Waals surface area contributed by atoms with Gasteiger partial charge in [0.2, 0.25) is 0 Å². The lowest BCUT2D eigenvalue weighted by molar-refractivity contribution is 0.0652. The third kappa shape index (κ3) is 1.68. The molecule has 0 saturated carbocycles. The fraction of sp³-hybridized carbons (Fsp3) is 0.429. The fourth-order valence-corrected chi connectivity index (χ4v) is 2.71. The van der Waals surface area contributed by atoms with E-state index >= 15 is 0 Å². The second kappa shape index (κ2) is 3.83. The summed E-state index contributed by atoms with van der Waals surface area (Å²) in [4.78, 5) is 14.5. The Bertz CT molecular complexity index is 600. The van der Waals surface area contributed by atoms with Gasteiger partial charge in [-0.05, 0) is 38.8 Å². The van der Waals surface area contributed by atoms with Crippen LogP contribution in [0, 0.1) is 0 Å². The molecule has 0 spiro atoms. The van der Waals surface area contributed by atoms with Crippen molar-refractivity contribution in [3.63, 3.8) is 0 Å². The molecule has 18 heavy (non-hydrogen) atoms. The first-order chi connectivity index (χ1) is 8.58. The third-order valence-electron chi connectivity index (χ3n) is 3.84. The van der Waals surface area contributed by atoms with Crippen molar-refractivity contribution in [2.24, 2.45) is 0 Å². The normalized spacial score (nSPS) is 18.4. The van der Waals surface area contributed by atoms with Crippen LogP contribution >= 0.6 is 0 Å². The first-order valence-corrected chi connectivity index (χ1v) is 6.33. The van der Waals surface area contributed by atoms with Gasteiger partial charge in [-0.25, -0.2) is 0 Å². The first kappa shape index (κ1) is 11.3. The molecule has 0 radical (unpaired) electrons. The van der Waals surface area contributed by atoms with Crippen LogP contribution in [0.25, 0.3) is 10.9 Å². The van der Waals surface area contributed by atoms with E-state index in [1.807, 2.05) is 23.1 Å². The van der Waals surface area contributed by atoms with Crippen LogP contribution in [0.15, 0.2) is 24.4 Å². The molecule has 3 rings (SSSR count). The van der Waals surface area contributed by atoms with Crippen molar-refractivity contribution >= 4 is 16.8 Å². The highest BCUT2D eigenvalue weighted by Crippen LogP contribution is 2.30. The summed E-state index contributed by atoms with van der Waals surface area (Å²) in [6.45, 7) is 5.12. The van der Waals surface area contributed by atoms with Crippen molar-refractivity contribution in [1.29, 1.82) is 0 Å². The maximum absolute atomic E-state index is 12.5. The van der Waals surface area contributed by atoms with Gasteiger partial charge < -0.3 is 4.90 Å². The quantitative estimate of drug-likeness (QED) is 0.836. The molecule has 0 unspecified atom stereocenters. The number of hydrogen-bond donors (Lipinski definition) is 1. The van der Waals surface area contributed by atoms with Crippen LogP contribution in [-0.4, -0.2) is 33.1 Å². The van der Waals surface area contributed by atoms with Crippen LogP contribution in [0.5, 0.6) is 0 Å². The Balaban J connectivity index is 1.96. The molecule has 1 aromatic carbocycles. The monoisotopic (exact) mass is 243 g/mol. The molecule has 0 atom stereocenters. The molecule has 1 N–H and O–H groups in total. The lowest BCUT2D eigenvalue weighted by Crippen LogP contribution is -2.42. The molecule has 1 saturated heterocycles. The molecule has 0 bridgehead atoms. The van der Waals surface area contributed by atoms with Crippen LogP contribution in [0.2, 0.25) is 0 Å². The molecule has 1 amide bonds. The molecule has 4 heteroatoms. The largest absolute Gasteiger partial charge is 0.334 e. The van der Waals surface area contributed by atoms with Crippen LogP contribution < -0.4 is 0 Å². The van der Waals surface area contributed by atoms with Crippen molar-refractivity contribution < 1.29 is 4.79 Å². The Morgan fingerprint density at radius 2 is 2.28 bits per heavy atom. The highest BCUT2D eigenvalue weighted by atomic mass is 16.2. The van der Waals surface area contributed by atoms with E-state index in [2.05, 4.69) is 24.0 Å². The smallest absolute Gasteiger partial charge is 0.254 e. The number of nitrogens with one attached hydrogen (secondary N) is 1. The fourth-order valence-electron chi connectivity index (χ4n) is 2.71. The first-order valence-electron chi connectivity index (χ1n) is 6.33. The number of H-pyrrole nitrogens is 1. The van der Waals surface area contributed by atoms with E-state index in [1.165, 1.54) is 0 Å². The zero-order chi connectivity index (χ0) is 12.8. The van der Waals surface area contributed by atoms with Gasteiger partial charge in [-0.2, -0.15) is 5.10 Å². The van der Waals surface area contributed by atoms with E-state index in [4.69, 9.17) is 0 Å². The van der Waals surface area contributed by atoms with Crippen molar-refractivity contribution in [2.75, 3.05) is 6.54 Å². The number of carbonyl (C=O) groups is 1. The van der Waals surface area contributed by atoms with Crippen molar-refractivity contribution in [1.82, 2.24) is 15.1 Å². The SMILES string of the molecule is CC1(C)CCCN1C(=O)c1ccc2cn[nH]c2c1. The van der Waals surface area contributed by atoms with Crippen LogP contribution in [0.4, 0.5) is 0 Å². The maximum Gasteiger partial charge on any atom is 0.254 e. The number of carbonyl (C=O) groups excluding carboxylic acids is 1. The van der Waals surface area contributed by atoms with E-state index in [9.17, 15) is 4.79 Å². The Morgan fingerprint density at radius 1 is 1.44 bits per heavy atom. The molecular formula is C14H17N3O. The Hall–Kier alpha value is -1.84. The zero-order valence-corrected chi connectivity index (χ0v) is 10.7. The summed E-state index contributed by atoms with van der Waals surface area (Å²) >= 11 is 0. The van der Waals surface area contributed by atoms with E-state index in [-0.39, 0.29) is 11.4 Å². The molecular weight excluding hydrogens is 226 g/mol. The highest BCUT2D eigenvalue weighted by molar-refractivity contribution is 5.98. The number of benzene rings is 1. The average Bonchev–Trinajstić information content (AvgIpc) is 2.92. The molecule has 0 aliphatic carbocycles. The van der Waals surface area contributed by atoms with E-state index in [0.717, 1.165) is 35.9 Å². The molecule has 4 nitrogen and oxygen atoms in total. The van der Waals surface area contributed by atoms with Crippen LogP contribution in [0.1, 0.15) is 37.0 Å². The minimum Gasteiger partial charge on any atom is -0.334 e. The number of rotatable bonds is 1. The van der Waals surface area contributed by atoms with Crippen molar-refractivity contribution in [3.05, 3.63) is 30.0 Å². The number of nitrogens with zero attached hydrogens (tertiary/aromatic N) is 2. The van der Waals surface area contributed by atoms with Gasteiger partial charge in [0, 0.05) is 23.0 Å².